The number of urea groups is 1. The van der Waals surface area contributed by atoms with Gasteiger partial charge in [0.05, 0.1) is 0 Å². The second kappa shape index (κ2) is 10.8. The summed E-state index contributed by atoms with van der Waals surface area (Å²) in [5.74, 6) is -0.164. The molecule has 11 heteroatoms. The third-order valence-corrected chi connectivity index (χ3v) is 4.26. The summed E-state index contributed by atoms with van der Waals surface area (Å²) in [6, 6.07) is 6.48. The molecule has 0 bridgehead atoms. The number of anilines is 2. The number of alkyl halides is 3. The maximum atomic E-state index is 12.2. The molecule has 0 aliphatic heterocycles. The van der Waals surface area contributed by atoms with Crippen molar-refractivity contribution in [1.82, 2.24) is 15.5 Å². The van der Waals surface area contributed by atoms with Crippen molar-refractivity contribution in [2.45, 2.75) is 30.7 Å². The molecule has 1 rings (SSSR count). The van der Waals surface area contributed by atoms with E-state index >= 15 is 0 Å². The summed E-state index contributed by atoms with van der Waals surface area (Å²) in [5, 5.41) is 11.1. The van der Waals surface area contributed by atoms with Gasteiger partial charge in [-0.2, -0.15) is 0 Å². The Bertz CT molecular complexity index is 663. The van der Waals surface area contributed by atoms with Crippen LogP contribution in [0.25, 0.3) is 0 Å². The summed E-state index contributed by atoms with van der Waals surface area (Å²) in [6.45, 7) is 6.14. The van der Waals surface area contributed by atoms with Gasteiger partial charge in [-0.05, 0) is 50.3 Å². The monoisotopic (exact) mass is 453 g/mol. The number of rotatable bonds is 6. The zero-order chi connectivity index (χ0) is 20.6. The van der Waals surface area contributed by atoms with Gasteiger partial charge in [0.2, 0.25) is 9.70 Å². The minimum Gasteiger partial charge on any atom is -0.339 e. The molecule has 0 aliphatic rings. The lowest BCUT2D eigenvalue weighted by atomic mass is 10.3. The highest BCUT2D eigenvalue weighted by atomic mass is 35.6. The van der Waals surface area contributed by atoms with E-state index in [4.69, 9.17) is 47.0 Å². The van der Waals surface area contributed by atoms with Crippen molar-refractivity contribution in [3.05, 3.63) is 24.3 Å². The zero-order valence-corrected chi connectivity index (χ0v) is 18.2. The SMILES string of the molecule is CCN(CC)C(=O)N[C@H](NC(=S)Nc1ccc(NC(C)=O)cc1)C(Cl)(Cl)Cl. The third kappa shape index (κ3) is 8.38. The average Bonchev–Trinajstić information content (AvgIpc) is 2.56. The van der Waals surface area contributed by atoms with E-state index in [0.29, 0.717) is 24.5 Å². The topological polar surface area (TPSA) is 85.5 Å². The molecule has 0 saturated heterocycles. The Morgan fingerprint density at radius 3 is 1.93 bits per heavy atom. The van der Waals surface area contributed by atoms with Gasteiger partial charge in [-0.1, -0.05) is 34.8 Å². The highest BCUT2D eigenvalue weighted by molar-refractivity contribution is 7.80. The lowest BCUT2D eigenvalue weighted by Gasteiger charge is -2.30. The molecule has 4 N–H and O–H groups in total. The molecule has 0 aliphatic carbocycles. The molecule has 7 nitrogen and oxygen atoms in total. The standard InChI is InChI=1S/C16H22Cl3N5O2S/c1-4-24(5-2)15(26)23-13(16(17,18)19)22-14(27)21-12-8-6-11(7-9-12)20-10(3)25/h6-9,13H,4-5H2,1-3H3,(H,20,25)(H,23,26)(H2,21,22,27)/t13-/m0/s1. The Morgan fingerprint density at radius 1 is 1.04 bits per heavy atom. The van der Waals surface area contributed by atoms with Gasteiger partial charge in [-0.3, -0.25) is 4.79 Å². The summed E-state index contributed by atoms with van der Waals surface area (Å²) < 4.78 is -1.83. The maximum Gasteiger partial charge on any atom is 0.319 e. The second-order valence-corrected chi connectivity index (χ2v) is 8.23. The number of halogens is 3. The Hall–Kier alpha value is -1.48. The molecule has 1 aromatic rings. The predicted octanol–water partition coefficient (Wildman–Crippen LogP) is 3.68. The van der Waals surface area contributed by atoms with E-state index < -0.39 is 9.96 Å². The van der Waals surface area contributed by atoms with E-state index in [2.05, 4.69) is 21.3 Å². The van der Waals surface area contributed by atoms with Crippen LogP contribution in [0.1, 0.15) is 20.8 Å². The smallest absolute Gasteiger partial charge is 0.319 e. The highest BCUT2D eigenvalue weighted by Gasteiger charge is 2.35. The number of benzene rings is 1. The normalized spacial score (nSPS) is 11.9. The molecule has 0 saturated carbocycles. The Labute approximate surface area is 179 Å². The van der Waals surface area contributed by atoms with Crippen molar-refractivity contribution in [2.24, 2.45) is 0 Å². The van der Waals surface area contributed by atoms with Crippen LogP contribution in [0.5, 0.6) is 0 Å². The van der Waals surface area contributed by atoms with Gasteiger partial charge >= 0.3 is 6.03 Å². The number of hydrogen-bond acceptors (Lipinski definition) is 3. The van der Waals surface area contributed by atoms with E-state index in [-0.39, 0.29) is 17.1 Å². The molecule has 1 aromatic carbocycles. The molecule has 0 unspecified atom stereocenters. The summed E-state index contributed by atoms with van der Waals surface area (Å²) in [5.41, 5.74) is 1.30. The molecule has 0 aromatic heterocycles. The van der Waals surface area contributed by atoms with Crippen LogP contribution >= 0.6 is 47.0 Å². The van der Waals surface area contributed by atoms with Gasteiger partial charge < -0.3 is 26.2 Å². The summed E-state index contributed by atoms with van der Waals surface area (Å²) >= 11 is 23.1. The Balaban J connectivity index is 2.74. The molecule has 0 fully saturated rings. The lowest BCUT2D eigenvalue weighted by Crippen LogP contribution is -2.58. The lowest BCUT2D eigenvalue weighted by molar-refractivity contribution is -0.114. The third-order valence-electron chi connectivity index (χ3n) is 3.38. The van der Waals surface area contributed by atoms with Gasteiger partial charge in [0.1, 0.15) is 0 Å². The van der Waals surface area contributed by atoms with E-state index in [1.807, 2.05) is 13.8 Å². The van der Waals surface area contributed by atoms with Crippen molar-refractivity contribution in [3.8, 4) is 0 Å². The fourth-order valence-corrected chi connectivity index (χ4v) is 2.63. The molecule has 0 heterocycles. The van der Waals surface area contributed by atoms with Gasteiger partial charge in [-0.25, -0.2) is 4.79 Å². The molecular formula is C16H22Cl3N5O2S. The molecule has 150 valence electrons. The number of thiocarbonyl (C=S) groups is 1. The minimum atomic E-state index is -1.83. The van der Waals surface area contributed by atoms with Crippen LogP contribution in [-0.4, -0.2) is 45.0 Å². The van der Waals surface area contributed by atoms with Crippen LogP contribution in [0, 0.1) is 0 Å². The van der Waals surface area contributed by atoms with E-state index in [9.17, 15) is 9.59 Å². The Kier molecular flexibility index (Phi) is 9.38. The molecular weight excluding hydrogens is 433 g/mol. The number of nitrogens with one attached hydrogen (secondary N) is 4. The molecule has 1 atom stereocenters. The van der Waals surface area contributed by atoms with Crippen molar-refractivity contribution in [2.75, 3.05) is 23.7 Å². The van der Waals surface area contributed by atoms with Crippen LogP contribution in [0.4, 0.5) is 16.2 Å². The quantitative estimate of drug-likeness (QED) is 0.299. The van der Waals surface area contributed by atoms with Gasteiger partial charge in [0.15, 0.2) is 11.3 Å². The molecule has 0 spiro atoms. The second-order valence-electron chi connectivity index (χ2n) is 5.45. The first-order valence-corrected chi connectivity index (χ1v) is 9.68. The van der Waals surface area contributed by atoms with Gasteiger partial charge in [-0.15, -0.1) is 0 Å². The average molecular weight is 455 g/mol. The zero-order valence-electron chi connectivity index (χ0n) is 15.1. The molecule has 3 amide bonds. The number of carbonyl (C=O) groups excluding carboxylic acids is 2. The van der Waals surface area contributed by atoms with Crippen LogP contribution in [-0.2, 0) is 4.79 Å². The fourth-order valence-electron chi connectivity index (χ4n) is 2.06. The number of nitrogens with zero attached hydrogens (tertiary/aromatic N) is 1. The van der Waals surface area contributed by atoms with E-state index in [1.165, 1.54) is 6.92 Å². The minimum absolute atomic E-state index is 0.151. The summed E-state index contributed by atoms with van der Waals surface area (Å²) in [6.07, 6.45) is -1.05. The van der Waals surface area contributed by atoms with E-state index in [1.54, 1.807) is 29.2 Å². The summed E-state index contributed by atoms with van der Waals surface area (Å²) in [4.78, 5) is 24.8. The predicted molar refractivity (Wildman–Crippen MR) is 116 cm³/mol. The molecule has 0 radical (unpaired) electrons. The van der Waals surface area contributed by atoms with Crippen LogP contribution < -0.4 is 21.3 Å². The van der Waals surface area contributed by atoms with Crippen LogP contribution in [0.2, 0.25) is 0 Å². The molecule has 27 heavy (non-hydrogen) atoms. The van der Waals surface area contributed by atoms with Crippen molar-refractivity contribution >= 4 is 75.4 Å². The van der Waals surface area contributed by atoms with E-state index in [0.717, 1.165) is 0 Å². The van der Waals surface area contributed by atoms with Crippen molar-refractivity contribution in [3.63, 3.8) is 0 Å². The highest BCUT2D eigenvalue weighted by Crippen LogP contribution is 2.29. The van der Waals surface area contributed by atoms with Gasteiger partial charge in [0, 0.05) is 31.4 Å². The Morgan fingerprint density at radius 2 is 1.52 bits per heavy atom. The maximum absolute atomic E-state index is 12.2. The largest absolute Gasteiger partial charge is 0.339 e. The first kappa shape index (κ1) is 23.6. The number of carbonyl (C=O) groups is 2. The number of hydrogen-bond donors (Lipinski definition) is 4. The first-order valence-electron chi connectivity index (χ1n) is 8.14. The fraction of sp³-hybridized carbons (Fsp3) is 0.438. The number of amides is 3. The summed E-state index contributed by atoms with van der Waals surface area (Å²) in [7, 11) is 0. The van der Waals surface area contributed by atoms with Crippen LogP contribution in [0.3, 0.4) is 0 Å². The van der Waals surface area contributed by atoms with Crippen molar-refractivity contribution < 1.29 is 9.59 Å². The first-order chi connectivity index (χ1) is 12.6. The van der Waals surface area contributed by atoms with Crippen LogP contribution in [0.15, 0.2) is 24.3 Å². The van der Waals surface area contributed by atoms with Gasteiger partial charge in [0.25, 0.3) is 0 Å². The van der Waals surface area contributed by atoms with Crippen molar-refractivity contribution in [1.29, 1.82) is 0 Å².